The monoisotopic (exact) mass is 406 g/mol. The number of sulfonamides is 1. The summed E-state index contributed by atoms with van der Waals surface area (Å²) in [5, 5.41) is 0. The second-order valence-corrected chi connectivity index (χ2v) is 10.3. The molecule has 1 heterocycles. The molecule has 5 nitrogen and oxygen atoms in total. The van der Waals surface area contributed by atoms with Crippen molar-refractivity contribution in [3.05, 3.63) is 28.8 Å². The average molecular weight is 407 g/mol. The molecular weight excluding hydrogens is 372 g/mol. The van der Waals surface area contributed by atoms with Crippen molar-refractivity contribution in [2.24, 2.45) is 0 Å². The molecule has 1 aliphatic carbocycles. The van der Waals surface area contributed by atoms with Crippen molar-refractivity contribution in [3.8, 4) is 0 Å². The van der Waals surface area contributed by atoms with E-state index in [1.807, 2.05) is 37.8 Å². The first-order chi connectivity index (χ1) is 13.3. The summed E-state index contributed by atoms with van der Waals surface area (Å²) < 4.78 is 29.1. The highest BCUT2D eigenvalue weighted by Gasteiger charge is 2.36. The molecule has 0 aromatic heterocycles. The zero-order valence-electron chi connectivity index (χ0n) is 17.5. The third kappa shape index (κ3) is 4.60. The molecule has 1 amide bonds. The first kappa shape index (κ1) is 21.3. The summed E-state index contributed by atoms with van der Waals surface area (Å²) in [6.07, 6.45) is 8.06. The predicted octanol–water partition coefficient (Wildman–Crippen LogP) is 3.95. The number of piperidine rings is 1. The number of rotatable bonds is 5. The van der Waals surface area contributed by atoms with Gasteiger partial charge in [-0.2, -0.15) is 4.31 Å². The van der Waals surface area contributed by atoms with E-state index in [0.717, 1.165) is 81.1 Å². The molecule has 2 aliphatic rings. The van der Waals surface area contributed by atoms with Crippen LogP contribution < -0.4 is 0 Å². The Morgan fingerprint density at radius 2 is 1.50 bits per heavy atom. The zero-order chi connectivity index (χ0) is 20.3. The van der Waals surface area contributed by atoms with Crippen LogP contribution in [0, 0.1) is 20.8 Å². The van der Waals surface area contributed by atoms with Crippen LogP contribution in [0.15, 0.2) is 17.0 Å². The van der Waals surface area contributed by atoms with E-state index in [1.165, 1.54) is 4.31 Å². The third-order valence-electron chi connectivity index (χ3n) is 6.15. The lowest BCUT2D eigenvalue weighted by Gasteiger charge is -2.36. The van der Waals surface area contributed by atoms with Crippen LogP contribution in [0.2, 0.25) is 0 Å². The summed E-state index contributed by atoms with van der Waals surface area (Å²) in [7, 11) is -3.73. The minimum atomic E-state index is -3.73. The van der Waals surface area contributed by atoms with Crippen LogP contribution in [0.1, 0.15) is 68.1 Å². The highest BCUT2D eigenvalue weighted by atomic mass is 32.2. The Kier molecular flexibility index (Phi) is 6.81. The lowest BCUT2D eigenvalue weighted by Crippen LogP contribution is -2.49. The zero-order valence-corrected chi connectivity index (χ0v) is 18.4. The largest absolute Gasteiger partial charge is 0.342 e. The Morgan fingerprint density at radius 3 is 2.07 bits per heavy atom. The van der Waals surface area contributed by atoms with E-state index in [9.17, 15) is 13.2 Å². The standard InChI is InChI=1S/C22H34N2O3S/c1-17-14-18(2)22(19(3)15-17)28(26,27)24(20-10-6-4-7-11-20)16-21(25)23-12-8-5-9-13-23/h14-15,20H,4-13,16H2,1-3H3. The lowest BCUT2D eigenvalue weighted by atomic mass is 9.95. The van der Waals surface area contributed by atoms with Gasteiger partial charge >= 0.3 is 0 Å². The van der Waals surface area contributed by atoms with Gasteiger partial charge in [0.05, 0.1) is 11.4 Å². The summed E-state index contributed by atoms with van der Waals surface area (Å²) in [4.78, 5) is 15.2. The van der Waals surface area contributed by atoms with Gasteiger partial charge in [-0.25, -0.2) is 8.42 Å². The summed E-state index contributed by atoms with van der Waals surface area (Å²) in [6.45, 7) is 7.17. The minimum Gasteiger partial charge on any atom is -0.342 e. The van der Waals surface area contributed by atoms with Crippen molar-refractivity contribution in [1.29, 1.82) is 0 Å². The van der Waals surface area contributed by atoms with Gasteiger partial charge in [0.2, 0.25) is 15.9 Å². The maximum Gasteiger partial charge on any atom is 0.244 e. The quantitative estimate of drug-likeness (QED) is 0.744. The minimum absolute atomic E-state index is 0.0280. The third-order valence-corrected chi connectivity index (χ3v) is 8.36. The molecule has 0 unspecified atom stereocenters. The van der Waals surface area contributed by atoms with E-state index in [2.05, 4.69) is 0 Å². The van der Waals surface area contributed by atoms with E-state index in [1.54, 1.807) is 0 Å². The molecule has 1 aromatic carbocycles. The van der Waals surface area contributed by atoms with Gasteiger partial charge in [-0.1, -0.05) is 37.0 Å². The fourth-order valence-electron chi connectivity index (χ4n) is 4.85. The molecule has 2 fully saturated rings. The summed E-state index contributed by atoms with van der Waals surface area (Å²) in [5.41, 5.74) is 2.59. The van der Waals surface area contributed by atoms with Gasteiger partial charge < -0.3 is 4.90 Å². The number of amides is 1. The molecule has 1 saturated carbocycles. The summed E-state index contributed by atoms with van der Waals surface area (Å²) in [6, 6.07) is 3.77. The molecule has 156 valence electrons. The van der Waals surface area contributed by atoms with Gasteiger partial charge in [0.25, 0.3) is 0 Å². The van der Waals surface area contributed by atoms with Crippen LogP contribution in [0.5, 0.6) is 0 Å². The molecule has 0 atom stereocenters. The molecule has 3 rings (SSSR count). The Morgan fingerprint density at radius 1 is 0.964 bits per heavy atom. The van der Waals surface area contributed by atoms with E-state index in [-0.39, 0.29) is 18.5 Å². The molecular formula is C22H34N2O3S. The molecule has 0 radical (unpaired) electrons. The topological polar surface area (TPSA) is 57.7 Å². The summed E-state index contributed by atoms with van der Waals surface area (Å²) in [5.74, 6) is -0.0451. The van der Waals surface area contributed by atoms with Crippen molar-refractivity contribution in [2.75, 3.05) is 19.6 Å². The van der Waals surface area contributed by atoms with Crippen LogP contribution in [0.4, 0.5) is 0 Å². The molecule has 1 aromatic rings. The average Bonchev–Trinajstić information content (AvgIpc) is 2.66. The Balaban J connectivity index is 1.94. The van der Waals surface area contributed by atoms with Crippen molar-refractivity contribution in [3.63, 3.8) is 0 Å². The number of likely N-dealkylation sites (tertiary alicyclic amines) is 1. The molecule has 0 N–H and O–H groups in total. The van der Waals surface area contributed by atoms with Gasteiger partial charge in [-0.3, -0.25) is 4.79 Å². The number of aryl methyl sites for hydroxylation is 3. The molecule has 1 saturated heterocycles. The smallest absolute Gasteiger partial charge is 0.244 e. The molecule has 28 heavy (non-hydrogen) atoms. The first-order valence-corrected chi connectivity index (χ1v) is 12.1. The van der Waals surface area contributed by atoms with Gasteiger partial charge in [0.15, 0.2) is 0 Å². The number of hydrogen-bond acceptors (Lipinski definition) is 3. The van der Waals surface area contributed by atoms with E-state index in [4.69, 9.17) is 0 Å². The van der Waals surface area contributed by atoms with Gasteiger partial charge in [0, 0.05) is 19.1 Å². The van der Waals surface area contributed by atoms with E-state index in [0.29, 0.717) is 4.90 Å². The van der Waals surface area contributed by atoms with Gasteiger partial charge in [-0.15, -0.1) is 0 Å². The van der Waals surface area contributed by atoms with Gasteiger partial charge in [-0.05, 0) is 64.0 Å². The van der Waals surface area contributed by atoms with Crippen LogP contribution in [0.25, 0.3) is 0 Å². The van der Waals surface area contributed by atoms with E-state index < -0.39 is 10.0 Å². The Hall–Kier alpha value is -1.40. The normalized spacial score (nSPS) is 19.2. The van der Waals surface area contributed by atoms with Gasteiger partial charge in [0.1, 0.15) is 0 Å². The van der Waals surface area contributed by atoms with Crippen LogP contribution in [-0.4, -0.2) is 49.2 Å². The molecule has 6 heteroatoms. The first-order valence-electron chi connectivity index (χ1n) is 10.7. The maximum absolute atomic E-state index is 13.8. The van der Waals surface area contributed by atoms with Crippen molar-refractivity contribution >= 4 is 15.9 Å². The molecule has 0 bridgehead atoms. The number of carbonyl (C=O) groups is 1. The van der Waals surface area contributed by atoms with E-state index >= 15 is 0 Å². The SMILES string of the molecule is Cc1cc(C)c(S(=O)(=O)N(CC(=O)N2CCCCC2)C2CCCCC2)c(C)c1. The number of hydrogen-bond donors (Lipinski definition) is 0. The molecule has 1 aliphatic heterocycles. The number of carbonyl (C=O) groups excluding carboxylic acids is 1. The van der Waals surface area contributed by atoms with Crippen LogP contribution >= 0.6 is 0 Å². The van der Waals surface area contributed by atoms with Crippen molar-refractivity contribution in [1.82, 2.24) is 9.21 Å². The van der Waals surface area contributed by atoms with Crippen LogP contribution in [-0.2, 0) is 14.8 Å². The Bertz CT molecular complexity index is 784. The second-order valence-electron chi connectivity index (χ2n) is 8.51. The highest BCUT2D eigenvalue weighted by Crippen LogP contribution is 2.31. The van der Waals surface area contributed by atoms with Crippen molar-refractivity contribution < 1.29 is 13.2 Å². The molecule has 0 spiro atoms. The second kappa shape index (κ2) is 8.95. The van der Waals surface area contributed by atoms with Crippen molar-refractivity contribution in [2.45, 2.75) is 83.1 Å². The van der Waals surface area contributed by atoms with Crippen LogP contribution in [0.3, 0.4) is 0 Å². The number of nitrogens with zero attached hydrogens (tertiary/aromatic N) is 2. The number of benzene rings is 1. The highest BCUT2D eigenvalue weighted by molar-refractivity contribution is 7.89. The fourth-order valence-corrected chi connectivity index (χ4v) is 6.90. The summed E-state index contributed by atoms with van der Waals surface area (Å²) >= 11 is 0. The Labute approximate surface area is 170 Å². The maximum atomic E-state index is 13.8. The predicted molar refractivity (Wildman–Crippen MR) is 112 cm³/mol. The fraction of sp³-hybridized carbons (Fsp3) is 0.682. The lowest BCUT2D eigenvalue weighted by molar-refractivity contribution is -0.132.